The molecule has 1 nitrogen and oxygen atoms in total. The first-order valence-corrected chi connectivity index (χ1v) is 7.61. The van der Waals surface area contributed by atoms with Gasteiger partial charge in [-0.25, -0.2) is 0 Å². The Kier molecular flexibility index (Phi) is 3.80. The number of fused-ring (bicyclic) bond motifs is 1. The summed E-state index contributed by atoms with van der Waals surface area (Å²) in [5, 5.41) is 1.09. The van der Waals surface area contributed by atoms with E-state index in [0.717, 1.165) is 37.9 Å². The van der Waals surface area contributed by atoms with Crippen LogP contribution in [0.1, 0.15) is 23.8 Å². The van der Waals surface area contributed by atoms with Crippen LogP contribution in [0.2, 0.25) is 0 Å². The van der Waals surface area contributed by atoms with Gasteiger partial charge in [0.1, 0.15) is 11.3 Å². The minimum absolute atomic E-state index is 0.862. The molecule has 0 aliphatic heterocycles. The average Bonchev–Trinajstić information content (AvgIpc) is 2.88. The first-order valence-electron chi connectivity index (χ1n) is 6.81. The summed E-state index contributed by atoms with van der Waals surface area (Å²) >= 11 is 3.62. The largest absolute Gasteiger partial charge is 0.455 e. The summed E-state index contributed by atoms with van der Waals surface area (Å²) in [7, 11) is 0. The zero-order valence-electron chi connectivity index (χ0n) is 11.8. The Labute approximate surface area is 132 Å². The summed E-state index contributed by atoms with van der Waals surface area (Å²) in [6.45, 7) is 5.97. The van der Waals surface area contributed by atoms with Gasteiger partial charge in [0.15, 0.2) is 0 Å². The van der Waals surface area contributed by atoms with Crippen LogP contribution in [0.5, 0.6) is 0 Å². The molecule has 0 saturated carbocycles. The second kappa shape index (κ2) is 5.74. The standard InChI is InChI=1S/C19H15BrO/c1-3-13(15-9-5-7-11-17(15)20)19-14(4-2)16-10-6-8-12-18(16)21-19/h3-12H,2H2,1H3/b13-3-. The Morgan fingerprint density at radius 2 is 1.81 bits per heavy atom. The monoisotopic (exact) mass is 338 g/mol. The van der Waals surface area contributed by atoms with Gasteiger partial charge in [-0.3, -0.25) is 0 Å². The summed E-state index contributed by atoms with van der Waals surface area (Å²) < 4.78 is 7.14. The average molecular weight is 339 g/mol. The lowest BCUT2D eigenvalue weighted by molar-refractivity contribution is 0.599. The number of benzene rings is 2. The van der Waals surface area contributed by atoms with E-state index in [1.54, 1.807) is 0 Å². The van der Waals surface area contributed by atoms with Crippen molar-refractivity contribution in [3.8, 4) is 0 Å². The van der Waals surface area contributed by atoms with E-state index in [4.69, 9.17) is 4.42 Å². The minimum Gasteiger partial charge on any atom is -0.455 e. The molecular formula is C19H15BrO. The van der Waals surface area contributed by atoms with Crippen molar-refractivity contribution in [1.29, 1.82) is 0 Å². The fraction of sp³-hybridized carbons (Fsp3) is 0.0526. The molecule has 1 heterocycles. The van der Waals surface area contributed by atoms with Crippen molar-refractivity contribution in [1.82, 2.24) is 0 Å². The lowest BCUT2D eigenvalue weighted by Crippen LogP contribution is -1.89. The third-order valence-corrected chi connectivity index (χ3v) is 4.23. The topological polar surface area (TPSA) is 13.1 Å². The molecule has 0 amide bonds. The van der Waals surface area contributed by atoms with Gasteiger partial charge in [0.25, 0.3) is 0 Å². The van der Waals surface area contributed by atoms with Crippen LogP contribution in [0.4, 0.5) is 0 Å². The molecule has 0 N–H and O–H groups in total. The molecule has 0 aliphatic rings. The second-order valence-corrected chi connectivity index (χ2v) is 5.58. The van der Waals surface area contributed by atoms with E-state index in [1.807, 2.05) is 49.4 Å². The van der Waals surface area contributed by atoms with E-state index in [-0.39, 0.29) is 0 Å². The number of hydrogen-bond donors (Lipinski definition) is 0. The molecule has 0 spiro atoms. The number of para-hydroxylation sites is 1. The molecule has 0 aliphatic carbocycles. The van der Waals surface area contributed by atoms with Crippen molar-refractivity contribution in [2.24, 2.45) is 0 Å². The molecule has 3 rings (SSSR count). The van der Waals surface area contributed by atoms with Gasteiger partial charge < -0.3 is 4.42 Å². The maximum Gasteiger partial charge on any atom is 0.142 e. The van der Waals surface area contributed by atoms with Gasteiger partial charge >= 0.3 is 0 Å². The van der Waals surface area contributed by atoms with Crippen molar-refractivity contribution >= 4 is 38.5 Å². The van der Waals surface area contributed by atoms with Crippen LogP contribution in [0.15, 0.2) is 70.1 Å². The first-order chi connectivity index (χ1) is 10.3. The summed E-state index contributed by atoms with van der Waals surface area (Å²) in [5.74, 6) is 0.862. The zero-order chi connectivity index (χ0) is 14.8. The molecule has 1 aromatic heterocycles. The Morgan fingerprint density at radius 1 is 1.10 bits per heavy atom. The Balaban J connectivity index is 2.28. The molecule has 104 valence electrons. The molecule has 3 aromatic rings. The smallest absolute Gasteiger partial charge is 0.142 e. The highest BCUT2D eigenvalue weighted by Gasteiger charge is 2.17. The van der Waals surface area contributed by atoms with Gasteiger partial charge in [0, 0.05) is 21.0 Å². The SMILES string of the molecule is C=Cc1c(/C(=C\C)c2ccccc2Br)oc2ccccc12. The highest BCUT2D eigenvalue weighted by atomic mass is 79.9. The molecule has 21 heavy (non-hydrogen) atoms. The fourth-order valence-electron chi connectivity index (χ4n) is 2.56. The molecule has 0 atom stereocenters. The lowest BCUT2D eigenvalue weighted by Gasteiger charge is -2.08. The van der Waals surface area contributed by atoms with Crippen LogP contribution < -0.4 is 0 Å². The fourth-order valence-corrected chi connectivity index (χ4v) is 3.06. The van der Waals surface area contributed by atoms with E-state index in [0.29, 0.717) is 0 Å². The highest BCUT2D eigenvalue weighted by Crippen LogP contribution is 2.36. The molecular weight excluding hydrogens is 324 g/mol. The van der Waals surface area contributed by atoms with Crippen LogP contribution in [0.25, 0.3) is 22.6 Å². The van der Waals surface area contributed by atoms with Crippen molar-refractivity contribution in [2.45, 2.75) is 6.92 Å². The van der Waals surface area contributed by atoms with Crippen molar-refractivity contribution in [3.63, 3.8) is 0 Å². The molecule has 0 fully saturated rings. The Hall–Kier alpha value is -2.06. The molecule has 2 aromatic carbocycles. The van der Waals surface area contributed by atoms with Gasteiger partial charge in [-0.2, -0.15) is 0 Å². The predicted molar refractivity (Wildman–Crippen MR) is 93.2 cm³/mol. The predicted octanol–water partition coefficient (Wildman–Crippen LogP) is 6.29. The van der Waals surface area contributed by atoms with Gasteiger partial charge in [0.05, 0.1) is 0 Å². The normalized spacial score (nSPS) is 11.8. The van der Waals surface area contributed by atoms with Crippen LogP contribution in [0.3, 0.4) is 0 Å². The second-order valence-electron chi connectivity index (χ2n) is 4.73. The van der Waals surface area contributed by atoms with Crippen LogP contribution in [-0.4, -0.2) is 0 Å². The van der Waals surface area contributed by atoms with Crippen LogP contribution in [0, 0.1) is 0 Å². The quantitative estimate of drug-likeness (QED) is 0.546. The summed E-state index contributed by atoms with van der Waals surface area (Å²) in [4.78, 5) is 0. The summed E-state index contributed by atoms with van der Waals surface area (Å²) in [6.07, 6.45) is 3.94. The van der Waals surface area contributed by atoms with Crippen LogP contribution in [-0.2, 0) is 0 Å². The lowest BCUT2D eigenvalue weighted by atomic mass is 9.99. The van der Waals surface area contributed by atoms with E-state index in [1.165, 1.54) is 0 Å². The summed E-state index contributed by atoms with van der Waals surface area (Å²) in [6, 6.07) is 16.2. The van der Waals surface area contributed by atoms with E-state index in [9.17, 15) is 0 Å². The molecule has 2 heteroatoms. The van der Waals surface area contributed by atoms with Crippen molar-refractivity contribution in [3.05, 3.63) is 82.5 Å². The molecule has 0 radical (unpaired) electrons. The van der Waals surface area contributed by atoms with Crippen molar-refractivity contribution in [2.75, 3.05) is 0 Å². The maximum atomic E-state index is 6.09. The van der Waals surface area contributed by atoms with E-state index in [2.05, 4.69) is 40.7 Å². The van der Waals surface area contributed by atoms with Crippen LogP contribution >= 0.6 is 15.9 Å². The van der Waals surface area contributed by atoms with Gasteiger partial charge in [-0.05, 0) is 24.6 Å². The number of halogens is 1. The minimum atomic E-state index is 0.862. The molecule has 0 bridgehead atoms. The van der Waals surface area contributed by atoms with E-state index >= 15 is 0 Å². The molecule has 0 unspecified atom stereocenters. The number of furan rings is 1. The summed E-state index contributed by atoms with van der Waals surface area (Å²) in [5.41, 5.74) is 4.10. The van der Waals surface area contributed by atoms with Gasteiger partial charge in [-0.1, -0.05) is 71.1 Å². The van der Waals surface area contributed by atoms with Gasteiger partial charge in [0.2, 0.25) is 0 Å². The Morgan fingerprint density at radius 3 is 2.52 bits per heavy atom. The third kappa shape index (κ3) is 2.36. The number of rotatable bonds is 3. The first kappa shape index (κ1) is 13.9. The number of allylic oxidation sites excluding steroid dienone is 1. The third-order valence-electron chi connectivity index (χ3n) is 3.54. The van der Waals surface area contributed by atoms with Crippen molar-refractivity contribution < 1.29 is 4.42 Å². The highest BCUT2D eigenvalue weighted by molar-refractivity contribution is 9.10. The van der Waals surface area contributed by atoms with E-state index < -0.39 is 0 Å². The zero-order valence-corrected chi connectivity index (χ0v) is 13.4. The number of hydrogen-bond acceptors (Lipinski definition) is 1. The molecule has 0 saturated heterocycles. The Bertz CT molecular complexity index is 840. The maximum absolute atomic E-state index is 6.09. The van der Waals surface area contributed by atoms with Gasteiger partial charge in [-0.15, -0.1) is 0 Å².